The summed E-state index contributed by atoms with van der Waals surface area (Å²) in [5.74, 6) is 1.36. The lowest BCUT2D eigenvalue weighted by molar-refractivity contribution is 0.397. The van der Waals surface area contributed by atoms with Crippen LogP contribution < -0.4 is 10.5 Å². The van der Waals surface area contributed by atoms with E-state index in [4.69, 9.17) is 10.5 Å². The standard InChI is InChI=1S/C15H19N3O/c1-15(2,3)11-7-10(5-6-13(11)19-4)12-8-14(16)18-9-17-12/h5-9H,1-4H3,(H2,16,17,18). The molecule has 0 atom stereocenters. The van der Waals surface area contributed by atoms with Crippen molar-refractivity contribution in [3.05, 3.63) is 36.2 Å². The first-order valence-corrected chi connectivity index (χ1v) is 6.18. The van der Waals surface area contributed by atoms with E-state index in [1.54, 1.807) is 13.2 Å². The Kier molecular flexibility index (Phi) is 3.42. The molecule has 4 nitrogen and oxygen atoms in total. The summed E-state index contributed by atoms with van der Waals surface area (Å²) in [5.41, 5.74) is 8.68. The maximum atomic E-state index is 5.70. The van der Waals surface area contributed by atoms with Crippen LogP contribution in [0.3, 0.4) is 0 Å². The number of nitrogens with zero attached hydrogens (tertiary/aromatic N) is 2. The molecule has 2 N–H and O–H groups in total. The molecule has 0 aliphatic rings. The summed E-state index contributed by atoms with van der Waals surface area (Å²) < 4.78 is 5.43. The number of anilines is 1. The highest BCUT2D eigenvalue weighted by Gasteiger charge is 2.19. The number of methoxy groups -OCH3 is 1. The van der Waals surface area contributed by atoms with Crippen molar-refractivity contribution in [1.82, 2.24) is 9.97 Å². The molecule has 0 aliphatic carbocycles. The zero-order valence-corrected chi connectivity index (χ0v) is 11.8. The summed E-state index contributed by atoms with van der Waals surface area (Å²) in [6.07, 6.45) is 1.48. The number of nitrogens with two attached hydrogens (primary N) is 1. The predicted molar refractivity (Wildman–Crippen MR) is 77.1 cm³/mol. The fourth-order valence-electron chi connectivity index (χ4n) is 1.98. The van der Waals surface area contributed by atoms with E-state index in [9.17, 15) is 0 Å². The molecule has 100 valence electrons. The third kappa shape index (κ3) is 2.84. The third-order valence-corrected chi connectivity index (χ3v) is 2.99. The molecule has 0 radical (unpaired) electrons. The lowest BCUT2D eigenvalue weighted by Crippen LogP contribution is -2.13. The number of aromatic nitrogens is 2. The molecule has 19 heavy (non-hydrogen) atoms. The van der Waals surface area contributed by atoms with Gasteiger partial charge in [-0.1, -0.05) is 20.8 Å². The van der Waals surface area contributed by atoms with Gasteiger partial charge in [0, 0.05) is 17.2 Å². The van der Waals surface area contributed by atoms with Crippen LogP contribution in [-0.2, 0) is 5.41 Å². The molecule has 0 bridgehead atoms. The zero-order valence-electron chi connectivity index (χ0n) is 11.8. The molecule has 0 spiro atoms. The second-order valence-electron chi connectivity index (χ2n) is 5.49. The molecule has 0 amide bonds. The zero-order chi connectivity index (χ0) is 14.0. The van der Waals surface area contributed by atoms with E-state index >= 15 is 0 Å². The van der Waals surface area contributed by atoms with Crippen molar-refractivity contribution in [3.63, 3.8) is 0 Å². The molecule has 1 heterocycles. The van der Waals surface area contributed by atoms with E-state index in [2.05, 4.69) is 36.8 Å². The van der Waals surface area contributed by atoms with Gasteiger partial charge in [0.15, 0.2) is 0 Å². The highest BCUT2D eigenvalue weighted by molar-refractivity contribution is 5.64. The molecule has 1 aromatic carbocycles. The largest absolute Gasteiger partial charge is 0.496 e. The fraction of sp³-hybridized carbons (Fsp3) is 0.333. The van der Waals surface area contributed by atoms with Crippen LogP contribution in [0.1, 0.15) is 26.3 Å². The van der Waals surface area contributed by atoms with E-state index in [0.717, 1.165) is 22.6 Å². The lowest BCUT2D eigenvalue weighted by Gasteiger charge is -2.22. The van der Waals surface area contributed by atoms with Crippen LogP contribution in [0.2, 0.25) is 0 Å². The first-order valence-electron chi connectivity index (χ1n) is 6.18. The molecular formula is C15H19N3O. The molecular weight excluding hydrogens is 238 g/mol. The van der Waals surface area contributed by atoms with Gasteiger partial charge in [-0.25, -0.2) is 9.97 Å². The maximum Gasteiger partial charge on any atom is 0.127 e. The van der Waals surface area contributed by atoms with Crippen molar-refractivity contribution in [2.75, 3.05) is 12.8 Å². The van der Waals surface area contributed by atoms with Gasteiger partial charge >= 0.3 is 0 Å². The molecule has 1 aromatic heterocycles. The summed E-state index contributed by atoms with van der Waals surface area (Å²) in [6, 6.07) is 7.82. The Morgan fingerprint density at radius 2 is 1.84 bits per heavy atom. The molecule has 0 saturated carbocycles. The maximum absolute atomic E-state index is 5.70. The monoisotopic (exact) mass is 257 g/mol. The van der Waals surface area contributed by atoms with Gasteiger partial charge in [0.2, 0.25) is 0 Å². The van der Waals surface area contributed by atoms with Crippen molar-refractivity contribution < 1.29 is 4.74 Å². The number of hydrogen-bond acceptors (Lipinski definition) is 4. The normalized spacial score (nSPS) is 11.4. The molecule has 2 rings (SSSR count). The van der Waals surface area contributed by atoms with Crippen LogP contribution >= 0.6 is 0 Å². The minimum atomic E-state index is -0.0000711. The molecule has 0 saturated heterocycles. The fourth-order valence-corrected chi connectivity index (χ4v) is 1.98. The first-order chi connectivity index (χ1) is 8.91. The predicted octanol–water partition coefficient (Wildman–Crippen LogP) is 3.03. The molecule has 4 heteroatoms. The van der Waals surface area contributed by atoms with Gasteiger partial charge in [-0.05, 0) is 23.6 Å². The van der Waals surface area contributed by atoms with Crippen LogP contribution in [0.25, 0.3) is 11.3 Å². The minimum absolute atomic E-state index is 0.0000711. The van der Waals surface area contributed by atoms with E-state index in [0.29, 0.717) is 5.82 Å². The van der Waals surface area contributed by atoms with Gasteiger partial charge in [0.25, 0.3) is 0 Å². The van der Waals surface area contributed by atoms with Crippen molar-refractivity contribution in [1.29, 1.82) is 0 Å². The number of benzene rings is 1. The smallest absolute Gasteiger partial charge is 0.127 e. The SMILES string of the molecule is COc1ccc(-c2cc(N)ncn2)cc1C(C)(C)C. The van der Waals surface area contributed by atoms with Crippen LogP contribution in [0.4, 0.5) is 5.82 Å². The van der Waals surface area contributed by atoms with Crippen molar-refractivity contribution in [2.24, 2.45) is 0 Å². The van der Waals surface area contributed by atoms with Gasteiger partial charge < -0.3 is 10.5 Å². The van der Waals surface area contributed by atoms with Gasteiger partial charge in [-0.2, -0.15) is 0 Å². The third-order valence-electron chi connectivity index (χ3n) is 2.99. The Bertz CT molecular complexity index is 588. The van der Waals surface area contributed by atoms with E-state index in [1.807, 2.05) is 12.1 Å². The highest BCUT2D eigenvalue weighted by atomic mass is 16.5. The second kappa shape index (κ2) is 4.88. The Balaban J connectivity index is 2.55. The average molecular weight is 257 g/mol. The quantitative estimate of drug-likeness (QED) is 0.898. The van der Waals surface area contributed by atoms with Gasteiger partial charge in [-0.15, -0.1) is 0 Å². The molecule has 0 unspecified atom stereocenters. The second-order valence-corrected chi connectivity index (χ2v) is 5.49. The van der Waals surface area contributed by atoms with Crippen molar-refractivity contribution in [3.8, 4) is 17.0 Å². The van der Waals surface area contributed by atoms with Gasteiger partial charge in [0.05, 0.1) is 12.8 Å². The number of nitrogen functional groups attached to an aromatic ring is 1. The van der Waals surface area contributed by atoms with Crippen LogP contribution in [0.5, 0.6) is 5.75 Å². The summed E-state index contributed by atoms with van der Waals surface area (Å²) in [7, 11) is 1.69. The highest BCUT2D eigenvalue weighted by Crippen LogP contribution is 2.34. The van der Waals surface area contributed by atoms with Crippen LogP contribution in [-0.4, -0.2) is 17.1 Å². The summed E-state index contributed by atoms with van der Waals surface area (Å²) in [6.45, 7) is 6.47. The number of rotatable bonds is 2. The Hall–Kier alpha value is -2.10. The summed E-state index contributed by atoms with van der Waals surface area (Å²) in [5, 5.41) is 0. The minimum Gasteiger partial charge on any atom is -0.496 e. The summed E-state index contributed by atoms with van der Waals surface area (Å²) in [4.78, 5) is 8.17. The van der Waals surface area contributed by atoms with E-state index < -0.39 is 0 Å². The van der Waals surface area contributed by atoms with Crippen LogP contribution in [0.15, 0.2) is 30.6 Å². The topological polar surface area (TPSA) is 61.0 Å². The van der Waals surface area contributed by atoms with E-state index in [-0.39, 0.29) is 5.41 Å². The Labute approximate surface area is 113 Å². The van der Waals surface area contributed by atoms with Gasteiger partial charge in [0.1, 0.15) is 17.9 Å². The average Bonchev–Trinajstić information content (AvgIpc) is 2.37. The van der Waals surface area contributed by atoms with Gasteiger partial charge in [-0.3, -0.25) is 0 Å². The number of hydrogen-bond donors (Lipinski definition) is 1. The first kappa shape index (κ1) is 13.3. The Morgan fingerprint density at radius 1 is 1.11 bits per heavy atom. The van der Waals surface area contributed by atoms with Crippen molar-refractivity contribution in [2.45, 2.75) is 26.2 Å². The molecule has 0 aliphatic heterocycles. The van der Waals surface area contributed by atoms with Crippen molar-refractivity contribution >= 4 is 5.82 Å². The van der Waals surface area contributed by atoms with E-state index in [1.165, 1.54) is 6.33 Å². The van der Waals surface area contributed by atoms with Crippen LogP contribution in [0, 0.1) is 0 Å². The number of ether oxygens (including phenoxy) is 1. The molecule has 0 fully saturated rings. The molecule has 2 aromatic rings. The lowest BCUT2D eigenvalue weighted by atomic mass is 9.85. The Morgan fingerprint density at radius 3 is 2.42 bits per heavy atom. The summed E-state index contributed by atoms with van der Waals surface area (Å²) >= 11 is 0.